The third kappa shape index (κ3) is 6.79. The predicted octanol–water partition coefficient (Wildman–Crippen LogP) is 4.86. The summed E-state index contributed by atoms with van der Waals surface area (Å²) in [6.07, 6.45) is 4.17. The molecule has 1 fully saturated rings. The monoisotopic (exact) mass is 453 g/mol. The van der Waals surface area contributed by atoms with Gasteiger partial charge in [-0.15, -0.1) is 0 Å². The van der Waals surface area contributed by atoms with Crippen LogP contribution in [0.3, 0.4) is 0 Å². The van der Waals surface area contributed by atoms with Crippen LogP contribution in [0.4, 0.5) is 5.69 Å². The zero-order chi connectivity index (χ0) is 22.9. The quantitative estimate of drug-likeness (QED) is 0.586. The number of hydrogen-bond acceptors (Lipinski definition) is 4. The molecule has 0 bridgehead atoms. The van der Waals surface area contributed by atoms with E-state index < -0.39 is 0 Å². The molecule has 0 aromatic heterocycles. The number of nitrogens with one attached hydrogen (secondary N) is 2. The molecular formula is C25H31N3O3S. The van der Waals surface area contributed by atoms with Gasteiger partial charge < -0.3 is 15.0 Å². The molecule has 1 heterocycles. The Hall–Kier alpha value is -2.93. The van der Waals surface area contributed by atoms with Crippen LogP contribution in [0.1, 0.15) is 60.2 Å². The van der Waals surface area contributed by atoms with E-state index in [0.717, 1.165) is 32.4 Å². The summed E-state index contributed by atoms with van der Waals surface area (Å²) in [5.41, 5.74) is 1.68. The van der Waals surface area contributed by atoms with Crippen molar-refractivity contribution in [3.8, 4) is 5.75 Å². The van der Waals surface area contributed by atoms with Crippen molar-refractivity contribution in [2.24, 2.45) is 5.92 Å². The molecule has 0 spiro atoms. The van der Waals surface area contributed by atoms with E-state index in [1.165, 1.54) is 6.42 Å². The molecule has 32 heavy (non-hydrogen) atoms. The number of ether oxygens (including phenoxy) is 1. The summed E-state index contributed by atoms with van der Waals surface area (Å²) >= 11 is 5.33. The van der Waals surface area contributed by atoms with Crippen LogP contribution in [0, 0.1) is 5.92 Å². The number of para-hydroxylation sites is 1. The fourth-order valence-electron chi connectivity index (χ4n) is 3.53. The average molecular weight is 454 g/mol. The Morgan fingerprint density at radius 3 is 2.56 bits per heavy atom. The number of thiocarbonyl (C=S) groups is 1. The minimum absolute atomic E-state index is 0.0239. The summed E-state index contributed by atoms with van der Waals surface area (Å²) in [6, 6.07) is 14.3. The number of amides is 2. The van der Waals surface area contributed by atoms with Crippen molar-refractivity contribution in [3.63, 3.8) is 0 Å². The molecule has 170 valence electrons. The topological polar surface area (TPSA) is 70.7 Å². The molecule has 3 rings (SSSR count). The minimum atomic E-state index is -0.344. The van der Waals surface area contributed by atoms with Gasteiger partial charge in [0.15, 0.2) is 5.11 Å². The molecule has 1 saturated heterocycles. The standard InChI is InChI=1S/C25H31N3O3S/c1-18(2)13-16-31-22-12-5-4-11-21(22)23(29)27-25(32)26-20-10-8-9-19(17-20)24(30)28-14-6-3-7-15-28/h4-5,8-12,17-18H,3,6-7,13-16H2,1-2H3,(H2,26,27,29,32). The first kappa shape index (κ1) is 23.7. The van der Waals surface area contributed by atoms with Gasteiger partial charge in [0, 0.05) is 24.3 Å². The summed E-state index contributed by atoms with van der Waals surface area (Å²) < 4.78 is 5.80. The van der Waals surface area contributed by atoms with Gasteiger partial charge in [-0.1, -0.05) is 32.0 Å². The fraction of sp³-hybridized carbons (Fsp3) is 0.400. The molecule has 2 aromatic carbocycles. The lowest BCUT2D eigenvalue weighted by atomic mass is 10.1. The highest BCUT2D eigenvalue weighted by atomic mass is 32.1. The lowest BCUT2D eigenvalue weighted by molar-refractivity contribution is 0.0724. The largest absolute Gasteiger partial charge is 0.493 e. The molecule has 0 aliphatic carbocycles. The maximum atomic E-state index is 12.8. The maximum absolute atomic E-state index is 12.8. The number of carbonyl (C=O) groups excluding carboxylic acids is 2. The van der Waals surface area contributed by atoms with E-state index in [0.29, 0.717) is 35.1 Å². The Morgan fingerprint density at radius 1 is 1.06 bits per heavy atom. The number of likely N-dealkylation sites (tertiary alicyclic amines) is 1. The van der Waals surface area contributed by atoms with Crippen molar-refractivity contribution in [1.29, 1.82) is 0 Å². The lowest BCUT2D eigenvalue weighted by Crippen LogP contribution is -2.36. The van der Waals surface area contributed by atoms with Crippen LogP contribution in [-0.4, -0.2) is 41.5 Å². The van der Waals surface area contributed by atoms with Crippen LogP contribution in [0.2, 0.25) is 0 Å². The van der Waals surface area contributed by atoms with E-state index >= 15 is 0 Å². The van der Waals surface area contributed by atoms with Crippen LogP contribution in [0.15, 0.2) is 48.5 Å². The van der Waals surface area contributed by atoms with Crippen LogP contribution < -0.4 is 15.4 Å². The average Bonchev–Trinajstić information content (AvgIpc) is 2.79. The van der Waals surface area contributed by atoms with Crippen LogP contribution in [0.25, 0.3) is 0 Å². The fourth-order valence-corrected chi connectivity index (χ4v) is 3.74. The van der Waals surface area contributed by atoms with E-state index in [9.17, 15) is 9.59 Å². The first-order valence-corrected chi connectivity index (χ1v) is 11.6. The zero-order valence-electron chi connectivity index (χ0n) is 18.7. The second-order valence-corrected chi connectivity index (χ2v) is 8.78. The molecule has 0 radical (unpaired) electrons. The van der Waals surface area contributed by atoms with Gasteiger partial charge >= 0.3 is 0 Å². The van der Waals surface area contributed by atoms with Crippen molar-refractivity contribution < 1.29 is 14.3 Å². The van der Waals surface area contributed by atoms with Gasteiger partial charge in [0.2, 0.25) is 0 Å². The number of hydrogen-bond donors (Lipinski definition) is 2. The van der Waals surface area contributed by atoms with Crippen molar-refractivity contribution in [1.82, 2.24) is 10.2 Å². The molecule has 0 saturated carbocycles. The molecule has 0 atom stereocenters. The van der Waals surface area contributed by atoms with E-state index in [-0.39, 0.29) is 16.9 Å². The van der Waals surface area contributed by atoms with Crippen LogP contribution in [-0.2, 0) is 0 Å². The number of rotatable bonds is 7. The highest BCUT2D eigenvalue weighted by molar-refractivity contribution is 7.80. The normalized spacial score (nSPS) is 13.5. The molecule has 6 nitrogen and oxygen atoms in total. The number of anilines is 1. The van der Waals surface area contributed by atoms with Gasteiger partial charge in [0.25, 0.3) is 11.8 Å². The number of piperidine rings is 1. The number of carbonyl (C=O) groups is 2. The Kier molecular flexibility index (Phi) is 8.62. The third-order valence-corrected chi connectivity index (χ3v) is 5.53. The predicted molar refractivity (Wildman–Crippen MR) is 131 cm³/mol. The Balaban J connectivity index is 1.60. The molecule has 2 amide bonds. The first-order valence-electron chi connectivity index (χ1n) is 11.2. The van der Waals surface area contributed by atoms with Crippen LogP contribution >= 0.6 is 12.2 Å². The molecule has 0 unspecified atom stereocenters. The molecule has 2 N–H and O–H groups in total. The molecule has 2 aromatic rings. The third-order valence-electron chi connectivity index (χ3n) is 5.32. The first-order chi connectivity index (χ1) is 15.4. The van der Waals surface area contributed by atoms with Crippen molar-refractivity contribution >= 4 is 34.8 Å². The van der Waals surface area contributed by atoms with Crippen molar-refractivity contribution in [3.05, 3.63) is 59.7 Å². The summed E-state index contributed by atoms with van der Waals surface area (Å²) in [5, 5.41) is 5.87. The molecule has 7 heteroatoms. The highest BCUT2D eigenvalue weighted by Gasteiger charge is 2.19. The van der Waals surface area contributed by atoms with Crippen molar-refractivity contribution in [2.45, 2.75) is 39.5 Å². The summed E-state index contributed by atoms with van der Waals surface area (Å²) in [5.74, 6) is 0.729. The molecule has 1 aliphatic heterocycles. The van der Waals surface area contributed by atoms with Gasteiger partial charge in [-0.3, -0.25) is 14.9 Å². The smallest absolute Gasteiger partial charge is 0.261 e. The Labute approximate surface area is 195 Å². The number of nitrogens with zero attached hydrogens (tertiary/aromatic N) is 1. The zero-order valence-corrected chi connectivity index (χ0v) is 19.5. The lowest BCUT2D eigenvalue weighted by Gasteiger charge is -2.26. The van der Waals surface area contributed by atoms with E-state index in [1.54, 1.807) is 30.3 Å². The molecule has 1 aliphatic rings. The SMILES string of the molecule is CC(C)CCOc1ccccc1C(=O)NC(=S)Nc1cccc(C(=O)N2CCCCC2)c1. The molecular weight excluding hydrogens is 422 g/mol. The van der Waals surface area contributed by atoms with Crippen LogP contribution in [0.5, 0.6) is 5.75 Å². The van der Waals surface area contributed by atoms with E-state index in [2.05, 4.69) is 24.5 Å². The number of benzene rings is 2. The second kappa shape index (κ2) is 11.6. The summed E-state index contributed by atoms with van der Waals surface area (Å²) in [6.45, 7) is 6.39. The Bertz CT molecular complexity index is 955. The summed E-state index contributed by atoms with van der Waals surface area (Å²) in [7, 11) is 0. The Morgan fingerprint density at radius 2 is 1.81 bits per heavy atom. The van der Waals surface area contributed by atoms with Gasteiger partial charge in [-0.25, -0.2) is 0 Å². The van der Waals surface area contributed by atoms with Gasteiger partial charge in [0.1, 0.15) is 5.75 Å². The minimum Gasteiger partial charge on any atom is -0.493 e. The van der Waals surface area contributed by atoms with Crippen molar-refractivity contribution in [2.75, 3.05) is 25.0 Å². The van der Waals surface area contributed by atoms with E-state index in [4.69, 9.17) is 17.0 Å². The maximum Gasteiger partial charge on any atom is 0.261 e. The summed E-state index contributed by atoms with van der Waals surface area (Å²) in [4.78, 5) is 27.4. The van der Waals surface area contributed by atoms with Gasteiger partial charge in [0.05, 0.1) is 12.2 Å². The highest BCUT2D eigenvalue weighted by Crippen LogP contribution is 2.19. The van der Waals surface area contributed by atoms with E-state index in [1.807, 2.05) is 23.1 Å². The van der Waals surface area contributed by atoms with Gasteiger partial charge in [-0.05, 0) is 74.2 Å². The van der Waals surface area contributed by atoms with Gasteiger partial charge in [-0.2, -0.15) is 0 Å². The second-order valence-electron chi connectivity index (χ2n) is 8.37.